The monoisotopic (exact) mass is 221 g/mol. The number of ether oxygens (including phenoxy) is 1. The van der Waals surface area contributed by atoms with Crippen molar-refractivity contribution in [2.24, 2.45) is 0 Å². The molecular formula is C13H19NO2. The van der Waals surface area contributed by atoms with Gasteiger partial charge in [0, 0.05) is 5.69 Å². The SMILES string of the molecule is Cc1cc(N)c(C(=O)OC(C)(C)C)cc1C. The van der Waals surface area contributed by atoms with E-state index in [1.165, 1.54) is 0 Å². The molecule has 2 N–H and O–H groups in total. The molecule has 1 aromatic rings. The topological polar surface area (TPSA) is 52.3 Å². The van der Waals surface area contributed by atoms with Crippen molar-refractivity contribution in [3.8, 4) is 0 Å². The first kappa shape index (κ1) is 12.6. The highest BCUT2D eigenvalue weighted by Gasteiger charge is 2.20. The minimum atomic E-state index is -0.498. The van der Waals surface area contributed by atoms with E-state index in [1.54, 1.807) is 12.1 Å². The summed E-state index contributed by atoms with van der Waals surface area (Å²) in [7, 11) is 0. The molecular weight excluding hydrogens is 202 g/mol. The molecule has 3 nitrogen and oxygen atoms in total. The molecule has 16 heavy (non-hydrogen) atoms. The number of carbonyl (C=O) groups excluding carboxylic acids is 1. The number of nitrogen functional groups attached to an aromatic ring is 1. The van der Waals surface area contributed by atoms with Crippen LogP contribution in [0, 0.1) is 13.8 Å². The Morgan fingerprint density at radius 2 is 1.69 bits per heavy atom. The van der Waals surface area contributed by atoms with Gasteiger partial charge in [-0.15, -0.1) is 0 Å². The number of benzene rings is 1. The van der Waals surface area contributed by atoms with Gasteiger partial charge in [0.1, 0.15) is 5.60 Å². The molecule has 0 bridgehead atoms. The van der Waals surface area contributed by atoms with Crippen LogP contribution in [0.5, 0.6) is 0 Å². The number of rotatable bonds is 1. The molecule has 3 heteroatoms. The maximum atomic E-state index is 11.8. The Labute approximate surface area is 96.6 Å². The standard InChI is InChI=1S/C13H19NO2/c1-8-6-10(11(14)7-9(8)2)12(15)16-13(3,4)5/h6-7H,14H2,1-5H3. The molecule has 0 fully saturated rings. The zero-order valence-corrected chi connectivity index (χ0v) is 10.5. The van der Waals surface area contributed by atoms with Crippen LogP contribution >= 0.6 is 0 Å². The summed E-state index contributed by atoms with van der Waals surface area (Å²) in [4.78, 5) is 11.8. The molecule has 0 aliphatic carbocycles. The minimum Gasteiger partial charge on any atom is -0.456 e. The first-order valence-electron chi connectivity index (χ1n) is 5.31. The van der Waals surface area contributed by atoms with Gasteiger partial charge in [-0.1, -0.05) is 0 Å². The molecule has 0 aliphatic heterocycles. The summed E-state index contributed by atoms with van der Waals surface area (Å²) in [6.07, 6.45) is 0. The Kier molecular flexibility index (Phi) is 3.27. The average Bonchev–Trinajstić information content (AvgIpc) is 2.08. The number of esters is 1. The van der Waals surface area contributed by atoms with Crippen LogP contribution in [0.1, 0.15) is 42.3 Å². The summed E-state index contributed by atoms with van der Waals surface area (Å²) in [6, 6.07) is 3.58. The summed E-state index contributed by atoms with van der Waals surface area (Å²) in [5, 5.41) is 0. The third kappa shape index (κ3) is 2.99. The molecule has 88 valence electrons. The number of hydrogen-bond acceptors (Lipinski definition) is 3. The zero-order valence-electron chi connectivity index (χ0n) is 10.5. The summed E-state index contributed by atoms with van der Waals surface area (Å²) in [5.74, 6) is -0.367. The van der Waals surface area contributed by atoms with E-state index < -0.39 is 5.60 Å². The molecule has 0 unspecified atom stereocenters. The lowest BCUT2D eigenvalue weighted by Gasteiger charge is -2.20. The van der Waals surface area contributed by atoms with Gasteiger partial charge in [-0.05, 0) is 57.9 Å². The van der Waals surface area contributed by atoms with E-state index in [-0.39, 0.29) is 5.97 Å². The minimum absolute atomic E-state index is 0.367. The van der Waals surface area contributed by atoms with Gasteiger partial charge in [-0.25, -0.2) is 4.79 Å². The quantitative estimate of drug-likeness (QED) is 0.586. The Morgan fingerprint density at radius 1 is 1.19 bits per heavy atom. The van der Waals surface area contributed by atoms with Crippen molar-refractivity contribution in [1.82, 2.24) is 0 Å². The van der Waals surface area contributed by atoms with E-state index >= 15 is 0 Å². The number of aryl methyl sites for hydroxylation is 2. The Balaban J connectivity index is 3.05. The molecule has 0 heterocycles. The zero-order chi connectivity index (χ0) is 12.5. The number of carbonyl (C=O) groups is 1. The second-order valence-corrected chi connectivity index (χ2v) is 5.03. The normalized spacial score (nSPS) is 11.3. The molecule has 0 atom stereocenters. The molecule has 0 aliphatic rings. The largest absolute Gasteiger partial charge is 0.456 e. The van der Waals surface area contributed by atoms with Gasteiger partial charge in [0.2, 0.25) is 0 Å². The van der Waals surface area contributed by atoms with Gasteiger partial charge in [0.25, 0.3) is 0 Å². The lowest BCUT2D eigenvalue weighted by Crippen LogP contribution is -2.24. The maximum absolute atomic E-state index is 11.8. The Bertz CT molecular complexity index is 417. The van der Waals surface area contributed by atoms with Gasteiger partial charge in [-0.2, -0.15) is 0 Å². The fraction of sp³-hybridized carbons (Fsp3) is 0.462. The van der Waals surface area contributed by atoms with E-state index in [2.05, 4.69) is 0 Å². The lowest BCUT2D eigenvalue weighted by atomic mass is 10.0. The van der Waals surface area contributed by atoms with Gasteiger partial charge in [0.05, 0.1) is 5.56 Å². The molecule has 0 aromatic heterocycles. The molecule has 0 radical (unpaired) electrons. The highest BCUT2D eigenvalue weighted by Crippen LogP contribution is 2.21. The third-order valence-corrected chi connectivity index (χ3v) is 2.28. The van der Waals surface area contributed by atoms with Crippen LogP contribution in [0.4, 0.5) is 5.69 Å². The molecule has 0 amide bonds. The Morgan fingerprint density at radius 3 is 2.19 bits per heavy atom. The van der Waals surface area contributed by atoms with Crippen LogP contribution in [-0.4, -0.2) is 11.6 Å². The van der Waals surface area contributed by atoms with Crippen LogP contribution in [0.25, 0.3) is 0 Å². The summed E-state index contributed by atoms with van der Waals surface area (Å²) < 4.78 is 5.28. The van der Waals surface area contributed by atoms with Crippen molar-refractivity contribution < 1.29 is 9.53 Å². The smallest absolute Gasteiger partial charge is 0.340 e. The van der Waals surface area contributed by atoms with E-state index in [4.69, 9.17) is 10.5 Å². The van der Waals surface area contributed by atoms with Gasteiger partial charge < -0.3 is 10.5 Å². The first-order chi connectivity index (χ1) is 7.20. The summed E-state index contributed by atoms with van der Waals surface area (Å²) in [5.41, 5.74) is 8.33. The third-order valence-electron chi connectivity index (χ3n) is 2.28. The van der Waals surface area contributed by atoms with E-state index in [0.29, 0.717) is 11.3 Å². The van der Waals surface area contributed by atoms with Crippen LogP contribution in [0.2, 0.25) is 0 Å². The summed E-state index contributed by atoms with van der Waals surface area (Å²) in [6.45, 7) is 9.42. The number of nitrogens with two attached hydrogens (primary N) is 1. The maximum Gasteiger partial charge on any atom is 0.340 e. The molecule has 0 saturated carbocycles. The van der Waals surface area contributed by atoms with E-state index in [9.17, 15) is 4.79 Å². The lowest BCUT2D eigenvalue weighted by molar-refractivity contribution is 0.00707. The predicted molar refractivity (Wildman–Crippen MR) is 65.5 cm³/mol. The second-order valence-electron chi connectivity index (χ2n) is 5.03. The fourth-order valence-corrected chi connectivity index (χ4v) is 1.35. The van der Waals surface area contributed by atoms with Crippen molar-refractivity contribution in [2.75, 3.05) is 5.73 Å². The number of hydrogen-bond donors (Lipinski definition) is 1. The predicted octanol–water partition coefficient (Wildman–Crippen LogP) is 2.84. The second kappa shape index (κ2) is 4.16. The molecule has 1 aromatic carbocycles. The van der Waals surface area contributed by atoms with Gasteiger partial charge in [0.15, 0.2) is 0 Å². The van der Waals surface area contributed by atoms with Crippen LogP contribution < -0.4 is 5.73 Å². The van der Waals surface area contributed by atoms with Crippen molar-refractivity contribution in [2.45, 2.75) is 40.2 Å². The van der Waals surface area contributed by atoms with Crippen molar-refractivity contribution in [3.63, 3.8) is 0 Å². The van der Waals surface area contributed by atoms with E-state index in [1.807, 2.05) is 34.6 Å². The average molecular weight is 221 g/mol. The van der Waals surface area contributed by atoms with Crippen LogP contribution in [-0.2, 0) is 4.74 Å². The van der Waals surface area contributed by atoms with Crippen LogP contribution in [0.15, 0.2) is 12.1 Å². The highest BCUT2D eigenvalue weighted by atomic mass is 16.6. The number of anilines is 1. The highest BCUT2D eigenvalue weighted by molar-refractivity contribution is 5.95. The fourth-order valence-electron chi connectivity index (χ4n) is 1.35. The van der Waals surface area contributed by atoms with Gasteiger partial charge in [-0.3, -0.25) is 0 Å². The summed E-state index contributed by atoms with van der Waals surface area (Å²) >= 11 is 0. The molecule has 0 saturated heterocycles. The molecule has 1 rings (SSSR count). The van der Waals surface area contributed by atoms with Crippen LogP contribution in [0.3, 0.4) is 0 Å². The van der Waals surface area contributed by atoms with Crippen molar-refractivity contribution >= 4 is 11.7 Å². The van der Waals surface area contributed by atoms with Gasteiger partial charge >= 0.3 is 5.97 Å². The molecule has 0 spiro atoms. The Hall–Kier alpha value is -1.51. The first-order valence-corrected chi connectivity index (χ1v) is 5.31. The van der Waals surface area contributed by atoms with Crippen molar-refractivity contribution in [1.29, 1.82) is 0 Å². The van der Waals surface area contributed by atoms with E-state index in [0.717, 1.165) is 11.1 Å². The van der Waals surface area contributed by atoms with Crippen molar-refractivity contribution in [3.05, 3.63) is 28.8 Å².